The molecule has 2 rings (SSSR count). The smallest absolute Gasteiger partial charge is 0.222 e. The molecule has 2 aliphatic rings. The van der Waals surface area contributed by atoms with Crippen LogP contribution in [-0.2, 0) is 4.79 Å². The van der Waals surface area contributed by atoms with E-state index in [2.05, 4.69) is 17.1 Å². The molecule has 0 atom stereocenters. The average Bonchev–Trinajstić information content (AvgIpc) is 3.11. The lowest BCUT2D eigenvalue weighted by atomic mass is 10.0. The first kappa shape index (κ1) is 11.9. The maximum absolute atomic E-state index is 11.9. The normalized spacial score (nSPS) is 22.4. The van der Waals surface area contributed by atoms with Gasteiger partial charge in [0.1, 0.15) is 0 Å². The number of carbonyl (C=O) groups excluding carboxylic acids is 1. The highest BCUT2D eigenvalue weighted by Crippen LogP contribution is 2.33. The van der Waals surface area contributed by atoms with Crippen LogP contribution >= 0.6 is 0 Å². The van der Waals surface area contributed by atoms with Crippen LogP contribution in [0.25, 0.3) is 0 Å². The van der Waals surface area contributed by atoms with Crippen molar-refractivity contribution in [3.05, 3.63) is 0 Å². The minimum Gasteiger partial charge on any atom is -0.343 e. The Balaban J connectivity index is 1.65. The second-order valence-electron chi connectivity index (χ2n) is 5.26. The van der Waals surface area contributed by atoms with E-state index in [9.17, 15) is 4.79 Å². The molecule has 0 aromatic carbocycles. The Morgan fingerprint density at radius 1 is 1.25 bits per heavy atom. The second kappa shape index (κ2) is 5.67. The molecule has 92 valence electrons. The summed E-state index contributed by atoms with van der Waals surface area (Å²) in [6.45, 7) is 5.24. The Kier molecular flexibility index (Phi) is 4.22. The van der Waals surface area contributed by atoms with Crippen LogP contribution in [0.2, 0.25) is 0 Å². The van der Waals surface area contributed by atoms with E-state index in [-0.39, 0.29) is 0 Å². The Bertz CT molecular complexity index is 230. The summed E-state index contributed by atoms with van der Waals surface area (Å²) < 4.78 is 0. The fraction of sp³-hybridized carbons (Fsp3) is 0.923. The lowest BCUT2D eigenvalue weighted by Crippen LogP contribution is -2.45. The lowest BCUT2D eigenvalue weighted by molar-refractivity contribution is -0.132. The zero-order chi connectivity index (χ0) is 11.4. The molecule has 0 aromatic heterocycles. The molecule has 1 aliphatic heterocycles. The third-order valence-corrected chi connectivity index (χ3v) is 3.69. The van der Waals surface area contributed by atoms with E-state index in [0.29, 0.717) is 11.9 Å². The number of carbonyl (C=O) groups is 1. The number of amides is 1. The van der Waals surface area contributed by atoms with Gasteiger partial charge in [-0.25, -0.2) is 0 Å². The summed E-state index contributed by atoms with van der Waals surface area (Å²) >= 11 is 0. The summed E-state index contributed by atoms with van der Waals surface area (Å²) in [7, 11) is 0. The van der Waals surface area contributed by atoms with Crippen molar-refractivity contribution in [2.45, 2.75) is 51.5 Å². The van der Waals surface area contributed by atoms with Gasteiger partial charge < -0.3 is 10.2 Å². The van der Waals surface area contributed by atoms with Gasteiger partial charge in [-0.05, 0) is 44.6 Å². The Labute approximate surface area is 98.6 Å². The summed E-state index contributed by atoms with van der Waals surface area (Å²) in [6, 6.07) is 0.643. The molecule has 1 saturated heterocycles. The molecule has 1 saturated carbocycles. The highest BCUT2D eigenvalue weighted by atomic mass is 16.2. The van der Waals surface area contributed by atoms with E-state index >= 15 is 0 Å². The van der Waals surface area contributed by atoms with Gasteiger partial charge in [-0.3, -0.25) is 4.79 Å². The van der Waals surface area contributed by atoms with Crippen molar-refractivity contribution in [3.8, 4) is 0 Å². The van der Waals surface area contributed by atoms with Crippen molar-refractivity contribution in [2.24, 2.45) is 5.92 Å². The van der Waals surface area contributed by atoms with Crippen molar-refractivity contribution >= 4 is 5.91 Å². The van der Waals surface area contributed by atoms with Crippen LogP contribution < -0.4 is 5.32 Å². The second-order valence-corrected chi connectivity index (χ2v) is 5.26. The summed E-state index contributed by atoms with van der Waals surface area (Å²) in [5, 5.41) is 3.55. The van der Waals surface area contributed by atoms with Crippen LogP contribution in [0.3, 0.4) is 0 Å². The quantitative estimate of drug-likeness (QED) is 0.772. The van der Waals surface area contributed by atoms with Crippen molar-refractivity contribution < 1.29 is 4.79 Å². The van der Waals surface area contributed by atoms with E-state index in [4.69, 9.17) is 0 Å². The molecular weight excluding hydrogens is 200 g/mol. The maximum atomic E-state index is 11.9. The molecular formula is C13H24N2O. The molecule has 0 unspecified atom stereocenters. The first-order chi connectivity index (χ1) is 7.79. The SMILES string of the molecule is CCCNC1CCN(C(=O)CC2CC2)CC1. The van der Waals surface area contributed by atoms with Gasteiger partial charge >= 0.3 is 0 Å². The van der Waals surface area contributed by atoms with Crippen LogP contribution in [0, 0.1) is 5.92 Å². The van der Waals surface area contributed by atoms with E-state index in [1.54, 1.807) is 0 Å². The molecule has 1 heterocycles. The number of hydrogen-bond acceptors (Lipinski definition) is 2. The first-order valence-electron chi connectivity index (χ1n) is 6.80. The standard InChI is InChI=1S/C13H24N2O/c1-2-7-14-12-5-8-15(9-6-12)13(16)10-11-3-4-11/h11-12,14H,2-10H2,1H3. The summed E-state index contributed by atoms with van der Waals surface area (Å²) in [4.78, 5) is 13.9. The van der Waals surface area contributed by atoms with Gasteiger partial charge in [0.25, 0.3) is 0 Å². The van der Waals surface area contributed by atoms with Crippen molar-refractivity contribution in [3.63, 3.8) is 0 Å². The van der Waals surface area contributed by atoms with Gasteiger partial charge in [-0.15, -0.1) is 0 Å². The molecule has 1 aliphatic carbocycles. The minimum absolute atomic E-state index is 0.399. The van der Waals surface area contributed by atoms with E-state index in [0.717, 1.165) is 44.8 Å². The molecule has 3 heteroatoms. The largest absolute Gasteiger partial charge is 0.343 e. The van der Waals surface area contributed by atoms with Crippen LogP contribution in [0.5, 0.6) is 0 Å². The molecule has 0 bridgehead atoms. The molecule has 1 N–H and O–H groups in total. The van der Waals surface area contributed by atoms with Crippen LogP contribution in [0.4, 0.5) is 0 Å². The van der Waals surface area contributed by atoms with Gasteiger partial charge in [0.05, 0.1) is 0 Å². The number of nitrogens with one attached hydrogen (secondary N) is 1. The minimum atomic E-state index is 0.399. The Morgan fingerprint density at radius 2 is 1.94 bits per heavy atom. The topological polar surface area (TPSA) is 32.3 Å². The van der Waals surface area contributed by atoms with Gasteiger partial charge in [0.15, 0.2) is 0 Å². The van der Waals surface area contributed by atoms with Gasteiger partial charge in [-0.2, -0.15) is 0 Å². The fourth-order valence-corrected chi connectivity index (χ4v) is 2.38. The molecule has 0 radical (unpaired) electrons. The maximum Gasteiger partial charge on any atom is 0.222 e. The zero-order valence-corrected chi connectivity index (χ0v) is 10.4. The zero-order valence-electron chi connectivity index (χ0n) is 10.4. The first-order valence-corrected chi connectivity index (χ1v) is 6.80. The number of rotatable bonds is 5. The summed E-state index contributed by atoms with van der Waals surface area (Å²) in [6.07, 6.45) is 6.83. The lowest BCUT2D eigenvalue weighted by Gasteiger charge is -2.32. The van der Waals surface area contributed by atoms with Crippen LogP contribution in [0.1, 0.15) is 45.4 Å². The monoisotopic (exact) mass is 224 g/mol. The summed E-state index contributed by atoms with van der Waals surface area (Å²) in [5.41, 5.74) is 0. The van der Waals surface area contributed by atoms with Gasteiger partial charge in [-0.1, -0.05) is 6.92 Å². The highest BCUT2D eigenvalue weighted by Gasteiger charge is 2.28. The molecule has 0 aromatic rings. The fourth-order valence-electron chi connectivity index (χ4n) is 2.38. The number of piperidine rings is 1. The Morgan fingerprint density at radius 3 is 2.50 bits per heavy atom. The van der Waals surface area contributed by atoms with Crippen molar-refractivity contribution in [1.82, 2.24) is 10.2 Å². The Hall–Kier alpha value is -0.570. The predicted molar refractivity (Wildman–Crippen MR) is 65.2 cm³/mol. The highest BCUT2D eigenvalue weighted by molar-refractivity contribution is 5.76. The predicted octanol–water partition coefficient (Wildman–Crippen LogP) is 1.78. The summed E-state index contributed by atoms with van der Waals surface area (Å²) in [5.74, 6) is 1.12. The van der Waals surface area contributed by atoms with Crippen molar-refractivity contribution in [2.75, 3.05) is 19.6 Å². The number of hydrogen-bond donors (Lipinski definition) is 1. The molecule has 1 amide bonds. The third kappa shape index (κ3) is 3.48. The molecule has 16 heavy (non-hydrogen) atoms. The van der Waals surface area contributed by atoms with Crippen LogP contribution in [0.15, 0.2) is 0 Å². The molecule has 3 nitrogen and oxygen atoms in total. The van der Waals surface area contributed by atoms with Crippen LogP contribution in [-0.4, -0.2) is 36.5 Å². The van der Waals surface area contributed by atoms with Gasteiger partial charge in [0.2, 0.25) is 5.91 Å². The van der Waals surface area contributed by atoms with Gasteiger partial charge in [0, 0.05) is 25.6 Å². The van der Waals surface area contributed by atoms with E-state index in [1.807, 2.05) is 0 Å². The molecule has 2 fully saturated rings. The molecule has 0 spiro atoms. The average molecular weight is 224 g/mol. The number of nitrogens with zero attached hydrogens (tertiary/aromatic N) is 1. The third-order valence-electron chi connectivity index (χ3n) is 3.69. The number of likely N-dealkylation sites (tertiary alicyclic amines) is 1. The van der Waals surface area contributed by atoms with E-state index < -0.39 is 0 Å². The van der Waals surface area contributed by atoms with E-state index in [1.165, 1.54) is 19.3 Å². The van der Waals surface area contributed by atoms with Crippen molar-refractivity contribution in [1.29, 1.82) is 0 Å².